The minimum Gasteiger partial charge on any atom is -0.465 e. The highest BCUT2D eigenvalue weighted by Gasteiger charge is 2.46. The van der Waals surface area contributed by atoms with Gasteiger partial charge in [-0.25, -0.2) is 0 Å². The van der Waals surface area contributed by atoms with Crippen molar-refractivity contribution in [1.29, 1.82) is 0 Å². The summed E-state index contributed by atoms with van der Waals surface area (Å²) >= 11 is 0. The third-order valence-electron chi connectivity index (χ3n) is 11.9. The summed E-state index contributed by atoms with van der Waals surface area (Å²) in [6, 6.07) is 9.67. The molecule has 10 heteroatoms. The van der Waals surface area contributed by atoms with Gasteiger partial charge in [0.05, 0.1) is 35.2 Å². The molecule has 3 aliphatic heterocycles. The second kappa shape index (κ2) is 15.3. The molecule has 1 saturated carbocycles. The molecule has 0 amide bonds. The standard InChI is InChI=1S/C44H50N4O6/c1-2-5-29(49)22-31(51)23-30(50)8-6-27-7-13-40-41(20-27)54-43-37(44(17-19-53-40)15-3-4-16-44)11-12-39(52)33-9-10-34-32(14-18-46-42(34)45)35(33)21-28-24-47-38-26-48(43)25-36(28)38/h7,9-10,13,20,24-26,29,31,37,39,42-43,46-47,49,51-52H,2-6,8,14-16,18,21-23,45H2,1H3. The van der Waals surface area contributed by atoms with Crippen molar-refractivity contribution < 1.29 is 29.6 Å². The van der Waals surface area contributed by atoms with E-state index >= 15 is 0 Å². The van der Waals surface area contributed by atoms with Crippen molar-refractivity contribution in [3.05, 3.63) is 82.3 Å². The topological polar surface area (TPSA) is 155 Å². The molecule has 5 heterocycles. The quantitative estimate of drug-likeness (QED) is 0.121. The third kappa shape index (κ3) is 7.18. The van der Waals surface area contributed by atoms with Crippen molar-refractivity contribution in [1.82, 2.24) is 14.9 Å². The lowest BCUT2D eigenvalue weighted by molar-refractivity contribution is -0.121. The van der Waals surface area contributed by atoms with Crippen LogP contribution in [-0.2, 0) is 24.1 Å². The highest BCUT2D eigenvalue weighted by atomic mass is 16.5. The second-order valence-electron chi connectivity index (χ2n) is 15.6. The molecule has 8 rings (SSSR count). The lowest BCUT2D eigenvalue weighted by Gasteiger charge is -2.35. The zero-order valence-corrected chi connectivity index (χ0v) is 30.9. The fraction of sp³-hybridized carbons (Fsp3) is 0.477. The molecule has 6 unspecified atom stereocenters. The summed E-state index contributed by atoms with van der Waals surface area (Å²) in [6.45, 7) is 2.75. The molecular weight excluding hydrogens is 681 g/mol. The number of aromatic nitrogens is 2. The molecule has 4 aromatic rings. The van der Waals surface area contributed by atoms with Crippen LogP contribution in [-0.4, -0.2) is 49.4 Å². The van der Waals surface area contributed by atoms with Gasteiger partial charge in [0.2, 0.25) is 0 Å². The fourth-order valence-corrected chi connectivity index (χ4v) is 9.06. The fourth-order valence-electron chi connectivity index (χ4n) is 9.06. The average Bonchev–Trinajstić information content (AvgIpc) is 3.89. The summed E-state index contributed by atoms with van der Waals surface area (Å²) in [4.78, 5) is 16.4. The molecule has 0 radical (unpaired) electrons. The largest absolute Gasteiger partial charge is 0.465 e. The van der Waals surface area contributed by atoms with Crippen LogP contribution in [0.25, 0.3) is 10.9 Å². The molecule has 54 heavy (non-hydrogen) atoms. The summed E-state index contributed by atoms with van der Waals surface area (Å²) in [6.07, 6.45) is 13.3. The van der Waals surface area contributed by atoms with Crippen molar-refractivity contribution >= 4 is 16.7 Å². The number of carbonyl (C=O) groups excluding carboxylic acids is 1. The number of Topliss-reactive ketones (excluding diaryl/α,β-unsaturated/α-hetero) is 1. The average molecular weight is 731 g/mol. The summed E-state index contributed by atoms with van der Waals surface area (Å²) in [5.41, 5.74) is 13.0. The van der Waals surface area contributed by atoms with Crippen molar-refractivity contribution in [2.45, 2.75) is 115 Å². The predicted octanol–water partition coefficient (Wildman–Crippen LogP) is 5.62. The van der Waals surface area contributed by atoms with Gasteiger partial charge in [-0.05, 0) is 84.0 Å². The number of carbonyl (C=O) groups is 1. The van der Waals surface area contributed by atoms with Gasteiger partial charge >= 0.3 is 0 Å². The van der Waals surface area contributed by atoms with E-state index in [1.807, 2.05) is 37.3 Å². The van der Waals surface area contributed by atoms with E-state index in [2.05, 4.69) is 57.3 Å². The molecule has 2 aromatic carbocycles. The number of aryl methyl sites for hydroxylation is 1. The van der Waals surface area contributed by atoms with E-state index in [4.69, 9.17) is 15.2 Å². The first kappa shape index (κ1) is 36.4. The first-order valence-corrected chi connectivity index (χ1v) is 19.6. The van der Waals surface area contributed by atoms with Gasteiger partial charge in [-0.3, -0.25) is 10.1 Å². The van der Waals surface area contributed by atoms with Gasteiger partial charge in [-0.2, -0.15) is 0 Å². The maximum Gasteiger partial charge on any atom is 0.191 e. The summed E-state index contributed by atoms with van der Waals surface area (Å²) in [5, 5.41) is 36.8. The number of aliphatic hydroxyl groups excluding tert-OH is 3. The molecule has 282 valence electrons. The molecule has 6 atom stereocenters. The van der Waals surface area contributed by atoms with Crippen molar-refractivity contribution in [3.63, 3.8) is 0 Å². The number of benzene rings is 2. The van der Waals surface area contributed by atoms with E-state index in [9.17, 15) is 20.1 Å². The van der Waals surface area contributed by atoms with Crippen molar-refractivity contribution in [3.8, 4) is 35.4 Å². The molecule has 10 nitrogen and oxygen atoms in total. The normalized spacial score (nSPS) is 23.5. The van der Waals surface area contributed by atoms with Crippen LogP contribution < -0.4 is 20.5 Å². The Balaban J connectivity index is 1.16. The molecular formula is C44H50N4O6. The van der Waals surface area contributed by atoms with E-state index in [1.54, 1.807) is 0 Å². The number of nitrogens with one attached hydrogen (secondary N) is 2. The summed E-state index contributed by atoms with van der Waals surface area (Å²) in [5.74, 6) is 10.9. The molecule has 4 aliphatic rings. The number of nitrogens with two attached hydrogens (primary N) is 1. The summed E-state index contributed by atoms with van der Waals surface area (Å²) < 4.78 is 15.3. The number of ether oxygens (including phenoxy) is 2. The first-order chi connectivity index (χ1) is 26.2. The van der Waals surface area contributed by atoms with Crippen LogP contribution in [0.5, 0.6) is 11.5 Å². The molecule has 2 bridgehead atoms. The van der Waals surface area contributed by atoms with Gasteiger partial charge < -0.3 is 40.1 Å². The number of rotatable bonds is 9. The van der Waals surface area contributed by atoms with Crippen LogP contribution in [0.3, 0.4) is 0 Å². The Hall–Kier alpha value is -4.55. The van der Waals surface area contributed by atoms with E-state index in [1.165, 1.54) is 5.56 Å². The van der Waals surface area contributed by atoms with Crippen molar-refractivity contribution in [2.75, 3.05) is 6.54 Å². The minimum absolute atomic E-state index is 0.0116. The van der Waals surface area contributed by atoms with Gasteiger partial charge in [0.15, 0.2) is 17.7 Å². The number of H-pyrrole nitrogens is 1. The SMILES string of the molecule is CCCC(O)CC(O)CC(=O)CCc1ccc2c(c1)OC1C(C#CC(O)c3ccc4c(c3Cc3c[nH]c5cn1cc35)CCNC4N)C1(C#CO2)CCCC1. The molecule has 1 spiro atoms. The Morgan fingerprint density at radius 1 is 1.07 bits per heavy atom. The monoisotopic (exact) mass is 730 g/mol. The number of hydrogen-bond donors (Lipinski definition) is 6. The van der Waals surface area contributed by atoms with Crippen LogP contribution in [0.1, 0.15) is 117 Å². The molecule has 2 aromatic heterocycles. The highest BCUT2D eigenvalue weighted by Crippen LogP contribution is 2.50. The van der Waals surface area contributed by atoms with E-state index < -0.39 is 35.9 Å². The molecule has 0 saturated heterocycles. The Labute approximate surface area is 316 Å². The molecule has 7 N–H and O–H groups in total. The van der Waals surface area contributed by atoms with Crippen LogP contribution >= 0.6 is 0 Å². The van der Waals surface area contributed by atoms with Gasteiger partial charge in [-0.15, -0.1) is 0 Å². The maximum atomic E-state index is 12.9. The maximum absolute atomic E-state index is 12.9. The van der Waals surface area contributed by atoms with E-state index in [0.29, 0.717) is 30.8 Å². The second-order valence-corrected chi connectivity index (χ2v) is 15.6. The van der Waals surface area contributed by atoms with Gasteiger partial charge in [0, 0.05) is 49.8 Å². The number of hydrogen-bond acceptors (Lipinski definition) is 8. The predicted molar refractivity (Wildman–Crippen MR) is 205 cm³/mol. The van der Waals surface area contributed by atoms with Gasteiger partial charge in [-0.1, -0.05) is 62.1 Å². The summed E-state index contributed by atoms with van der Waals surface area (Å²) in [7, 11) is 0. The lowest BCUT2D eigenvalue weighted by atomic mass is 9.73. The zero-order chi connectivity index (χ0) is 37.4. The van der Waals surface area contributed by atoms with Crippen LogP contribution in [0.4, 0.5) is 0 Å². The lowest BCUT2D eigenvalue weighted by Crippen LogP contribution is -2.36. The minimum atomic E-state index is -1.03. The molecule has 1 aliphatic carbocycles. The van der Waals surface area contributed by atoms with E-state index in [0.717, 1.165) is 83.8 Å². The smallest absolute Gasteiger partial charge is 0.191 e. The van der Waals surface area contributed by atoms with E-state index in [-0.39, 0.29) is 31.2 Å². The Morgan fingerprint density at radius 2 is 1.91 bits per heavy atom. The number of aromatic amines is 1. The highest BCUT2D eigenvalue weighted by molar-refractivity contribution is 5.83. The zero-order valence-electron chi connectivity index (χ0n) is 30.9. The Kier molecular flexibility index (Phi) is 10.3. The number of aliphatic hydroxyl groups is 3. The van der Waals surface area contributed by atoms with Gasteiger partial charge in [0.1, 0.15) is 18.0 Å². The first-order valence-electron chi connectivity index (χ1n) is 19.6. The van der Waals surface area contributed by atoms with Crippen LogP contribution in [0.15, 0.2) is 48.9 Å². The van der Waals surface area contributed by atoms with Crippen LogP contribution in [0.2, 0.25) is 0 Å². The van der Waals surface area contributed by atoms with Crippen LogP contribution in [0, 0.1) is 35.2 Å². The Morgan fingerprint density at radius 3 is 2.74 bits per heavy atom. The number of fused-ring (bicyclic) bond motifs is 8. The Bertz CT molecular complexity index is 2160. The third-order valence-corrected chi connectivity index (χ3v) is 11.9. The number of nitrogens with zero attached hydrogens (tertiary/aromatic N) is 1. The van der Waals surface area contributed by atoms with Gasteiger partial charge in [0.25, 0.3) is 0 Å². The number of ketones is 1. The van der Waals surface area contributed by atoms with Crippen molar-refractivity contribution in [2.24, 2.45) is 17.1 Å². The molecule has 1 fully saturated rings.